The van der Waals surface area contributed by atoms with Gasteiger partial charge in [0.05, 0.1) is 12.6 Å². The standard InChI is InChI=1S/C23H38ClN3O3/c1-4-22(28)26-9-11-27(12-10-26)23(29)15-25-20-13-18(19(24)14-21(20)30-3)17-8-6-5-7-16(17)2/h4,16-21,25H,1,5-15H2,2-3H3. The number of nitrogens with one attached hydrogen (secondary N) is 1. The van der Waals surface area contributed by atoms with Gasteiger partial charge < -0.3 is 19.9 Å². The van der Waals surface area contributed by atoms with Crippen LogP contribution in [0.1, 0.15) is 45.4 Å². The highest BCUT2D eigenvalue weighted by Gasteiger charge is 2.42. The van der Waals surface area contributed by atoms with Gasteiger partial charge in [0.2, 0.25) is 11.8 Å². The van der Waals surface area contributed by atoms with Crippen LogP contribution >= 0.6 is 11.6 Å². The van der Waals surface area contributed by atoms with Crippen molar-refractivity contribution >= 4 is 23.4 Å². The van der Waals surface area contributed by atoms with Gasteiger partial charge in [-0.2, -0.15) is 0 Å². The van der Waals surface area contributed by atoms with Crippen LogP contribution in [0.15, 0.2) is 12.7 Å². The van der Waals surface area contributed by atoms with Crippen molar-refractivity contribution in [2.45, 2.75) is 63.0 Å². The zero-order valence-electron chi connectivity index (χ0n) is 18.5. The van der Waals surface area contributed by atoms with E-state index in [1.165, 1.54) is 31.8 Å². The number of methoxy groups -OCH3 is 1. The highest BCUT2D eigenvalue weighted by Crippen LogP contribution is 2.43. The minimum absolute atomic E-state index is 0.0394. The summed E-state index contributed by atoms with van der Waals surface area (Å²) in [5.41, 5.74) is 0. The van der Waals surface area contributed by atoms with Crippen molar-refractivity contribution in [2.24, 2.45) is 17.8 Å². The van der Waals surface area contributed by atoms with Crippen LogP contribution in [-0.2, 0) is 14.3 Å². The summed E-state index contributed by atoms with van der Waals surface area (Å²) in [6.07, 6.45) is 8.39. The molecule has 3 rings (SSSR count). The van der Waals surface area contributed by atoms with E-state index >= 15 is 0 Å². The largest absolute Gasteiger partial charge is 0.380 e. The highest BCUT2D eigenvalue weighted by molar-refractivity contribution is 6.20. The Morgan fingerprint density at radius 1 is 1.10 bits per heavy atom. The number of hydrogen-bond donors (Lipinski definition) is 1. The van der Waals surface area contributed by atoms with Crippen molar-refractivity contribution in [2.75, 3.05) is 39.8 Å². The van der Waals surface area contributed by atoms with E-state index in [0.29, 0.717) is 44.6 Å². The van der Waals surface area contributed by atoms with Crippen LogP contribution in [0.4, 0.5) is 0 Å². The van der Waals surface area contributed by atoms with Gasteiger partial charge in [0.25, 0.3) is 0 Å². The molecule has 1 N–H and O–H groups in total. The number of halogens is 1. The summed E-state index contributed by atoms with van der Waals surface area (Å²) < 4.78 is 5.74. The summed E-state index contributed by atoms with van der Waals surface area (Å²) >= 11 is 6.83. The Morgan fingerprint density at radius 2 is 1.77 bits per heavy atom. The molecule has 3 fully saturated rings. The summed E-state index contributed by atoms with van der Waals surface area (Å²) in [4.78, 5) is 28.1. The molecule has 7 heteroatoms. The normalized spacial score (nSPS) is 35.2. The average Bonchev–Trinajstić information content (AvgIpc) is 2.77. The van der Waals surface area contributed by atoms with Gasteiger partial charge in [-0.1, -0.05) is 32.8 Å². The monoisotopic (exact) mass is 439 g/mol. The molecular weight excluding hydrogens is 402 g/mol. The fourth-order valence-corrected chi connectivity index (χ4v) is 6.15. The Morgan fingerprint density at radius 3 is 2.40 bits per heavy atom. The molecule has 1 heterocycles. The molecule has 2 saturated carbocycles. The lowest BCUT2D eigenvalue weighted by Gasteiger charge is -2.45. The minimum Gasteiger partial charge on any atom is -0.380 e. The summed E-state index contributed by atoms with van der Waals surface area (Å²) in [6, 6.07) is 0.150. The number of piperazine rings is 1. The smallest absolute Gasteiger partial charge is 0.246 e. The second-order valence-electron chi connectivity index (χ2n) is 9.25. The van der Waals surface area contributed by atoms with Crippen molar-refractivity contribution in [1.82, 2.24) is 15.1 Å². The zero-order valence-corrected chi connectivity index (χ0v) is 19.3. The van der Waals surface area contributed by atoms with Crippen molar-refractivity contribution in [3.63, 3.8) is 0 Å². The Balaban J connectivity index is 1.53. The maximum absolute atomic E-state index is 12.8. The molecule has 6 nitrogen and oxygen atoms in total. The Labute approximate surface area is 186 Å². The molecule has 2 amide bonds. The Hall–Kier alpha value is -1.11. The maximum atomic E-state index is 12.8. The molecule has 1 aliphatic heterocycles. The number of alkyl halides is 1. The van der Waals surface area contributed by atoms with Crippen molar-refractivity contribution in [3.8, 4) is 0 Å². The molecule has 30 heavy (non-hydrogen) atoms. The predicted molar refractivity (Wildman–Crippen MR) is 119 cm³/mol. The van der Waals surface area contributed by atoms with E-state index in [-0.39, 0.29) is 29.3 Å². The van der Waals surface area contributed by atoms with Crippen LogP contribution in [0.3, 0.4) is 0 Å². The van der Waals surface area contributed by atoms with Crippen molar-refractivity contribution in [1.29, 1.82) is 0 Å². The molecule has 6 atom stereocenters. The summed E-state index contributed by atoms with van der Waals surface area (Å²) in [6.45, 7) is 8.49. The van der Waals surface area contributed by atoms with Gasteiger partial charge in [0.15, 0.2) is 0 Å². The molecule has 6 unspecified atom stereocenters. The minimum atomic E-state index is -0.0658. The van der Waals surface area contributed by atoms with E-state index in [4.69, 9.17) is 16.3 Å². The first-order chi connectivity index (χ1) is 14.4. The van der Waals surface area contributed by atoms with Gasteiger partial charge >= 0.3 is 0 Å². The molecule has 2 aliphatic carbocycles. The molecule has 0 aromatic rings. The lowest BCUT2D eigenvalue weighted by atomic mass is 9.67. The summed E-state index contributed by atoms with van der Waals surface area (Å²) in [5.74, 6) is 1.90. The Kier molecular flexibility index (Phi) is 8.61. The molecule has 0 aromatic carbocycles. The van der Waals surface area contributed by atoms with E-state index in [0.717, 1.165) is 18.8 Å². The lowest BCUT2D eigenvalue weighted by molar-refractivity contribution is -0.136. The number of hydrogen-bond acceptors (Lipinski definition) is 4. The lowest BCUT2D eigenvalue weighted by Crippen LogP contribution is -2.55. The number of ether oxygens (including phenoxy) is 1. The highest BCUT2D eigenvalue weighted by atomic mass is 35.5. The van der Waals surface area contributed by atoms with E-state index < -0.39 is 0 Å². The quantitative estimate of drug-likeness (QED) is 0.510. The second-order valence-corrected chi connectivity index (χ2v) is 9.81. The van der Waals surface area contributed by atoms with Gasteiger partial charge in [0.1, 0.15) is 0 Å². The van der Waals surface area contributed by atoms with Gasteiger partial charge in [-0.05, 0) is 43.1 Å². The summed E-state index contributed by atoms with van der Waals surface area (Å²) in [5, 5.41) is 3.64. The molecular formula is C23H38ClN3O3. The fourth-order valence-electron chi connectivity index (χ4n) is 5.69. The van der Waals surface area contributed by atoms with Crippen molar-refractivity contribution < 1.29 is 14.3 Å². The van der Waals surface area contributed by atoms with E-state index in [1.54, 1.807) is 12.0 Å². The van der Waals surface area contributed by atoms with E-state index in [1.807, 2.05) is 4.90 Å². The number of amides is 2. The third kappa shape index (κ3) is 5.57. The first-order valence-electron chi connectivity index (χ1n) is 11.5. The fraction of sp³-hybridized carbons (Fsp3) is 0.826. The SMILES string of the molecule is C=CC(=O)N1CCN(C(=O)CNC2CC(C3CCCCC3C)C(Cl)CC2OC)CC1. The van der Waals surface area contributed by atoms with Gasteiger partial charge in [0, 0.05) is 44.7 Å². The van der Waals surface area contributed by atoms with Gasteiger partial charge in [-0.25, -0.2) is 0 Å². The number of nitrogens with zero attached hydrogens (tertiary/aromatic N) is 2. The molecule has 1 saturated heterocycles. The third-order valence-electron chi connectivity index (χ3n) is 7.56. The van der Waals surface area contributed by atoms with E-state index in [2.05, 4.69) is 18.8 Å². The molecule has 0 aromatic heterocycles. The van der Waals surface area contributed by atoms with Crippen LogP contribution in [0.5, 0.6) is 0 Å². The van der Waals surface area contributed by atoms with Crippen molar-refractivity contribution in [3.05, 3.63) is 12.7 Å². The number of carbonyl (C=O) groups excluding carboxylic acids is 2. The average molecular weight is 440 g/mol. The van der Waals surface area contributed by atoms with Crippen LogP contribution in [0.2, 0.25) is 0 Å². The topological polar surface area (TPSA) is 61.9 Å². The molecule has 0 bridgehead atoms. The summed E-state index contributed by atoms with van der Waals surface area (Å²) in [7, 11) is 1.74. The molecule has 170 valence electrons. The number of carbonyl (C=O) groups is 2. The Bertz CT molecular complexity index is 609. The van der Waals surface area contributed by atoms with Gasteiger partial charge in [-0.3, -0.25) is 9.59 Å². The third-order valence-corrected chi connectivity index (χ3v) is 8.06. The van der Waals surface area contributed by atoms with Gasteiger partial charge in [-0.15, -0.1) is 11.6 Å². The first kappa shape index (κ1) is 23.6. The van der Waals surface area contributed by atoms with E-state index in [9.17, 15) is 9.59 Å². The van der Waals surface area contributed by atoms with Crippen LogP contribution in [-0.4, -0.2) is 79.0 Å². The number of rotatable bonds is 6. The zero-order chi connectivity index (χ0) is 21.7. The van der Waals surface area contributed by atoms with Crippen LogP contribution in [0.25, 0.3) is 0 Å². The van der Waals surface area contributed by atoms with Crippen LogP contribution < -0.4 is 5.32 Å². The molecule has 3 aliphatic rings. The second kappa shape index (κ2) is 11.0. The first-order valence-corrected chi connectivity index (χ1v) is 12.0. The molecule has 0 spiro atoms. The maximum Gasteiger partial charge on any atom is 0.246 e. The predicted octanol–water partition coefficient (Wildman–Crippen LogP) is 2.66. The van der Waals surface area contributed by atoms with Crippen LogP contribution in [0, 0.1) is 17.8 Å². The molecule has 0 radical (unpaired) electrons.